The Kier molecular flexibility index (Phi) is 32300. The van der Waals surface area contributed by atoms with Crippen LogP contribution in [0.15, 0.2) is 0 Å². The fourth-order valence-electron chi connectivity index (χ4n) is 0. The van der Waals surface area contributed by atoms with E-state index in [1.54, 1.807) is 0 Å². The molecule has 6 nitrogen and oxygen atoms in total. The van der Waals surface area contributed by atoms with Gasteiger partial charge in [-0.25, -0.2) is 0 Å². The van der Waals surface area contributed by atoms with Crippen molar-refractivity contribution in [3.8, 4) is 0 Å². The van der Waals surface area contributed by atoms with Crippen LogP contribution >= 0.6 is 12.4 Å². The van der Waals surface area contributed by atoms with E-state index in [2.05, 4.69) is 0 Å². The predicted molar refractivity (Wildman–Crippen MR) is 38.2 cm³/mol. The first-order chi connectivity index (χ1) is 6.00. The average Bonchev–Trinajstić information content (AvgIpc) is 2.33. The van der Waals surface area contributed by atoms with Crippen LogP contribution in [0.25, 0.3) is 0 Å². The maximum absolute atomic E-state index is 6.25. The summed E-state index contributed by atoms with van der Waals surface area (Å²) >= 11 is 0. The Bertz CT molecular complexity index is 108. The Balaban J connectivity index is -0.00000000321. The summed E-state index contributed by atoms with van der Waals surface area (Å²) in [6, 6.07) is 0. The molecule has 0 bridgehead atoms. The van der Waals surface area contributed by atoms with Gasteiger partial charge in [0.15, 0.2) is 0 Å². The summed E-state index contributed by atoms with van der Waals surface area (Å²) < 4.78 is 0. The van der Waals surface area contributed by atoms with Gasteiger partial charge in [-0.3, -0.25) is 0 Å². The standard InChI is InChI=1S/6CN.ClH.Fe.K.H/c6*1-2;;;;/h;;;;;;1H;;;/q6*-1;;+6;+1;-1. The van der Waals surface area contributed by atoms with E-state index in [0.717, 1.165) is 0 Å². The van der Waals surface area contributed by atoms with Gasteiger partial charge < -0.3 is 72.4 Å². The van der Waals surface area contributed by atoms with E-state index < -0.39 is 0 Å². The summed E-state index contributed by atoms with van der Waals surface area (Å²) in [7, 11) is 0. The summed E-state index contributed by atoms with van der Waals surface area (Å²) in [6.45, 7) is 28.5. The van der Waals surface area contributed by atoms with Crippen molar-refractivity contribution in [3.05, 3.63) is 39.4 Å². The molecule has 0 fully saturated rings. The SMILES string of the molecule is Cl.[C-]#N.[C-]#N.[C-]#N.[C-]#N.[C-]#N.[C-]#N.[Fe+6].[H-].[K+]. The molecule has 0 heterocycles. The van der Waals surface area contributed by atoms with Gasteiger partial charge in [-0.1, -0.05) is 0 Å². The maximum Gasteiger partial charge on any atom is 6.00 e. The van der Waals surface area contributed by atoms with Crippen LogP contribution in [0.5, 0.6) is 0 Å². The Labute approximate surface area is 151 Å². The van der Waals surface area contributed by atoms with E-state index in [-0.39, 0.29) is 82.3 Å². The third kappa shape index (κ3) is 4600. The number of hydrogen-bond acceptors (Lipinski definition) is 6. The molecule has 0 saturated heterocycles. The van der Waals surface area contributed by atoms with Crippen molar-refractivity contribution in [1.82, 2.24) is 0 Å². The minimum absolute atomic E-state index is 0. The van der Waals surface area contributed by atoms with Crippen molar-refractivity contribution >= 4 is 12.4 Å². The molecule has 0 amide bonds. The summed E-state index contributed by atoms with van der Waals surface area (Å²) in [5.74, 6) is 0. The third-order valence-electron chi connectivity index (χ3n) is 0. The van der Waals surface area contributed by atoms with Crippen LogP contribution in [-0.2, 0) is 17.1 Å². The van der Waals surface area contributed by atoms with Gasteiger partial charge in [-0.05, 0) is 0 Å². The van der Waals surface area contributed by atoms with Crippen molar-refractivity contribution in [1.29, 1.82) is 31.6 Å². The number of nitrogens with zero attached hydrogens (tertiary/aromatic N) is 6. The molecule has 72 valence electrons. The molecule has 0 aromatic carbocycles. The normalized spacial score (nSPS) is 0.800. The van der Waals surface area contributed by atoms with E-state index in [1.165, 1.54) is 0 Å². The van der Waals surface area contributed by atoms with E-state index in [1.807, 2.05) is 0 Å². The van der Waals surface area contributed by atoms with Gasteiger partial charge in [-0.2, -0.15) is 0 Å². The van der Waals surface area contributed by atoms with Crippen LogP contribution < -0.4 is 51.4 Å². The minimum Gasteiger partial charge on any atom is -1.00 e. The molecular formula is C6H2ClFeKN6. The summed E-state index contributed by atoms with van der Waals surface area (Å²) in [4.78, 5) is 0. The molecule has 0 aromatic heterocycles. The second-order valence-electron chi connectivity index (χ2n) is 0. The van der Waals surface area contributed by atoms with Crippen LogP contribution in [0.4, 0.5) is 0 Å². The van der Waals surface area contributed by atoms with Crippen LogP contribution in [0.3, 0.4) is 0 Å². The quantitative estimate of drug-likeness (QED) is 0.377. The van der Waals surface area contributed by atoms with Gasteiger partial charge >= 0.3 is 68.5 Å². The van der Waals surface area contributed by atoms with Crippen molar-refractivity contribution in [2.75, 3.05) is 0 Å². The maximum atomic E-state index is 6.25. The van der Waals surface area contributed by atoms with Gasteiger partial charge in [0.25, 0.3) is 0 Å². The average molecular weight is 289 g/mol. The van der Waals surface area contributed by atoms with Crippen LogP contribution in [0.2, 0.25) is 0 Å². The summed E-state index contributed by atoms with van der Waals surface area (Å²) in [5, 5.41) is 37.5. The largest absolute Gasteiger partial charge is 6.00 e. The molecule has 0 radical (unpaired) electrons. The molecule has 9 heteroatoms. The summed E-state index contributed by atoms with van der Waals surface area (Å²) in [5.41, 5.74) is 0. The van der Waals surface area contributed by atoms with Crippen molar-refractivity contribution in [2.24, 2.45) is 0 Å². The number of hydrogen-bond donors (Lipinski definition) is 0. The zero-order valence-corrected chi connectivity index (χ0v) is 12.5. The molecule has 0 aliphatic heterocycles. The van der Waals surface area contributed by atoms with Crippen molar-refractivity contribution in [2.45, 2.75) is 0 Å². The van der Waals surface area contributed by atoms with Gasteiger partial charge in [-0.15, -0.1) is 12.4 Å². The molecule has 0 unspecified atom stereocenters. The first-order valence-electron chi connectivity index (χ1n) is 1.34. The molecule has 0 N–H and O–H groups in total. The fraction of sp³-hybridized carbons (Fsp3) is 0. The molecule has 0 saturated carbocycles. The smallest absolute Gasteiger partial charge is 1.00 e. The van der Waals surface area contributed by atoms with E-state index >= 15 is 0 Å². The van der Waals surface area contributed by atoms with Crippen LogP contribution in [-0.4, -0.2) is 0 Å². The van der Waals surface area contributed by atoms with Gasteiger partial charge in [0.1, 0.15) is 0 Å². The second kappa shape index (κ2) is 5440. The first-order valence-corrected chi connectivity index (χ1v) is 1.34. The fourth-order valence-corrected chi connectivity index (χ4v) is 0. The summed E-state index contributed by atoms with van der Waals surface area (Å²) in [6.07, 6.45) is 0. The zero-order chi connectivity index (χ0) is 12.0. The topological polar surface area (TPSA) is 143 Å². The van der Waals surface area contributed by atoms with Crippen LogP contribution in [0, 0.1) is 71.0 Å². The minimum atomic E-state index is 0. The zero-order valence-electron chi connectivity index (χ0n) is 8.45. The Morgan fingerprint density at radius 3 is 0.467 bits per heavy atom. The van der Waals surface area contributed by atoms with Gasteiger partial charge in [0.05, 0.1) is 0 Å². The van der Waals surface area contributed by atoms with Crippen molar-refractivity contribution < 1.29 is 69.9 Å². The molecule has 0 rings (SSSR count). The van der Waals surface area contributed by atoms with E-state index in [4.69, 9.17) is 71.0 Å². The molecule has 0 aliphatic carbocycles. The molecule has 0 atom stereocenters. The Morgan fingerprint density at radius 1 is 0.467 bits per heavy atom. The first kappa shape index (κ1) is 88.9. The molecule has 0 spiro atoms. The van der Waals surface area contributed by atoms with Crippen LogP contribution in [0.1, 0.15) is 1.43 Å². The molecule has 15 heavy (non-hydrogen) atoms. The van der Waals surface area contributed by atoms with Gasteiger partial charge in [0, 0.05) is 0 Å². The third-order valence-corrected chi connectivity index (χ3v) is 0. The Morgan fingerprint density at radius 2 is 0.467 bits per heavy atom. The molecule has 0 aromatic rings. The Hall–Kier alpha value is -0.614. The molecule has 0 aliphatic rings. The predicted octanol–water partition coefficient (Wildman–Crippen LogP) is -1.89. The molecular weight excluding hydrogens is 287 g/mol. The van der Waals surface area contributed by atoms with E-state index in [9.17, 15) is 0 Å². The van der Waals surface area contributed by atoms with E-state index in [0.29, 0.717) is 0 Å². The number of halogens is 1. The van der Waals surface area contributed by atoms with Crippen molar-refractivity contribution in [3.63, 3.8) is 0 Å². The second-order valence-corrected chi connectivity index (χ2v) is 0. The monoisotopic (exact) mass is 288 g/mol. The van der Waals surface area contributed by atoms with Gasteiger partial charge in [0.2, 0.25) is 0 Å². The number of rotatable bonds is 0.